The molecule has 1 aromatic carbocycles. The Kier molecular flexibility index (Phi) is 3.29. The van der Waals surface area contributed by atoms with Gasteiger partial charge in [-0.1, -0.05) is 11.6 Å². The highest BCUT2D eigenvalue weighted by atomic mass is 35.5. The highest BCUT2D eigenvalue weighted by Gasteiger charge is 2.43. The number of fused-ring (bicyclic) bond motifs is 1. The monoisotopic (exact) mass is 304 g/mol. The van der Waals surface area contributed by atoms with Gasteiger partial charge in [-0.2, -0.15) is 0 Å². The minimum Gasteiger partial charge on any atom is -0.368 e. The van der Waals surface area contributed by atoms with Crippen molar-refractivity contribution in [2.24, 2.45) is 0 Å². The van der Waals surface area contributed by atoms with Crippen molar-refractivity contribution in [3.63, 3.8) is 0 Å². The lowest BCUT2D eigenvalue weighted by molar-refractivity contribution is -0.123. The topological polar surface area (TPSA) is 58.2 Å². The SMILES string of the molecule is CC(=O)C1(C)Nc2cc(Cl)ccc2NC2=C1C(=O)CCC2. The van der Waals surface area contributed by atoms with Crippen LogP contribution in [0.2, 0.25) is 5.02 Å². The molecule has 1 aliphatic carbocycles. The summed E-state index contributed by atoms with van der Waals surface area (Å²) in [5.74, 6) is -0.0484. The summed E-state index contributed by atoms with van der Waals surface area (Å²) in [4.78, 5) is 24.7. The van der Waals surface area contributed by atoms with E-state index in [9.17, 15) is 9.59 Å². The van der Waals surface area contributed by atoms with Crippen LogP contribution in [0.1, 0.15) is 33.1 Å². The van der Waals surface area contributed by atoms with E-state index in [0.717, 1.165) is 29.9 Å². The van der Waals surface area contributed by atoms with E-state index in [0.29, 0.717) is 17.0 Å². The van der Waals surface area contributed by atoms with Crippen molar-refractivity contribution in [3.8, 4) is 0 Å². The molecule has 0 saturated heterocycles. The van der Waals surface area contributed by atoms with E-state index in [2.05, 4.69) is 10.6 Å². The number of hydrogen-bond acceptors (Lipinski definition) is 4. The molecule has 0 radical (unpaired) electrons. The zero-order valence-electron chi connectivity index (χ0n) is 12.0. The van der Waals surface area contributed by atoms with E-state index in [1.807, 2.05) is 6.07 Å². The zero-order valence-corrected chi connectivity index (χ0v) is 12.8. The van der Waals surface area contributed by atoms with Crippen LogP contribution in [0.5, 0.6) is 0 Å². The van der Waals surface area contributed by atoms with Crippen LogP contribution in [0.15, 0.2) is 29.5 Å². The van der Waals surface area contributed by atoms with E-state index < -0.39 is 5.54 Å². The number of halogens is 1. The summed E-state index contributed by atoms with van der Waals surface area (Å²) >= 11 is 6.05. The fourth-order valence-corrected chi connectivity index (χ4v) is 3.21. The third-order valence-corrected chi connectivity index (χ3v) is 4.50. The Balaban J connectivity index is 2.22. The average molecular weight is 305 g/mol. The molecule has 2 aliphatic rings. The number of nitrogens with one attached hydrogen (secondary N) is 2. The lowest BCUT2D eigenvalue weighted by Gasteiger charge is -2.32. The molecule has 3 rings (SSSR count). The first-order valence-corrected chi connectivity index (χ1v) is 7.42. The molecule has 1 atom stereocenters. The maximum Gasteiger partial charge on any atom is 0.163 e. The van der Waals surface area contributed by atoms with Gasteiger partial charge in [0.15, 0.2) is 11.6 Å². The molecule has 0 bridgehead atoms. The third kappa shape index (κ3) is 2.23. The Labute approximate surface area is 128 Å². The van der Waals surface area contributed by atoms with E-state index in [1.54, 1.807) is 19.1 Å². The number of hydrogen-bond donors (Lipinski definition) is 2. The van der Waals surface area contributed by atoms with Crippen molar-refractivity contribution in [2.45, 2.75) is 38.6 Å². The van der Waals surface area contributed by atoms with Gasteiger partial charge in [-0.25, -0.2) is 0 Å². The molecular weight excluding hydrogens is 288 g/mol. The van der Waals surface area contributed by atoms with Gasteiger partial charge >= 0.3 is 0 Å². The maximum absolute atomic E-state index is 12.4. The second kappa shape index (κ2) is 4.88. The van der Waals surface area contributed by atoms with Gasteiger partial charge in [0.05, 0.1) is 11.4 Å². The number of benzene rings is 1. The highest BCUT2D eigenvalue weighted by Crippen LogP contribution is 2.40. The summed E-state index contributed by atoms with van der Waals surface area (Å²) < 4.78 is 0. The second-order valence-corrected chi connectivity index (χ2v) is 6.19. The summed E-state index contributed by atoms with van der Waals surface area (Å²) in [6.07, 6.45) is 2.07. The van der Waals surface area contributed by atoms with E-state index >= 15 is 0 Å². The zero-order chi connectivity index (χ0) is 15.2. The molecule has 0 fully saturated rings. The first-order chi connectivity index (χ1) is 9.91. The summed E-state index contributed by atoms with van der Waals surface area (Å²) in [5.41, 5.74) is 1.97. The summed E-state index contributed by atoms with van der Waals surface area (Å²) in [6, 6.07) is 5.42. The predicted molar refractivity (Wildman–Crippen MR) is 83.7 cm³/mol. The van der Waals surface area contributed by atoms with Crippen molar-refractivity contribution >= 4 is 34.5 Å². The smallest absolute Gasteiger partial charge is 0.163 e. The number of ketones is 2. The van der Waals surface area contributed by atoms with Crippen molar-refractivity contribution < 1.29 is 9.59 Å². The number of anilines is 2. The van der Waals surface area contributed by atoms with Gasteiger partial charge in [0.1, 0.15) is 5.54 Å². The molecule has 1 aliphatic heterocycles. The van der Waals surface area contributed by atoms with Gasteiger partial charge in [0.2, 0.25) is 0 Å². The number of carbonyl (C=O) groups excluding carboxylic acids is 2. The van der Waals surface area contributed by atoms with Gasteiger partial charge in [0.25, 0.3) is 0 Å². The first-order valence-electron chi connectivity index (χ1n) is 7.04. The standard InChI is InChI=1S/C16H17ClN2O2/c1-9(20)16(2)15-12(4-3-5-14(15)21)18-11-7-6-10(17)8-13(11)19-16/h6-8,18-19H,3-5H2,1-2H3. The van der Waals surface area contributed by atoms with Gasteiger partial charge in [-0.05, 0) is 44.9 Å². The molecule has 0 amide bonds. The molecule has 0 aromatic heterocycles. The number of allylic oxidation sites excluding steroid dienone is 1. The fraction of sp³-hybridized carbons (Fsp3) is 0.375. The van der Waals surface area contributed by atoms with Crippen LogP contribution in [-0.2, 0) is 9.59 Å². The highest BCUT2D eigenvalue weighted by molar-refractivity contribution is 6.31. The van der Waals surface area contributed by atoms with E-state index in [-0.39, 0.29) is 11.6 Å². The molecule has 4 nitrogen and oxygen atoms in total. The van der Waals surface area contributed by atoms with Crippen LogP contribution < -0.4 is 10.6 Å². The van der Waals surface area contributed by atoms with Crippen molar-refractivity contribution in [2.75, 3.05) is 10.6 Å². The molecule has 1 unspecified atom stereocenters. The van der Waals surface area contributed by atoms with Crippen LogP contribution in [0, 0.1) is 0 Å². The minimum atomic E-state index is -1.02. The second-order valence-electron chi connectivity index (χ2n) is 5.75. The summed E-state index contributed by atoms with van der Waals surface area (Å²) in [7, 11) is 0. The van der Waals surface area contributed by atoms with Crippen molar-refractivity contribution in [1.82, 2.24) is 0 Å². The third-order valence-electron chi connectivity index (χ3n) is 4.27. The lowest BCUT2D eigenvalue weighted by atomic mass is 9.79. The Bertz CT molecular complexity index is 681. The quantitative estimate of drug-likeness (QED) is 0.833. The van der Waals surface area contributed by atoms with Crippen LogP contribution in [0.4, 0.5) is 11.4 Å². The molecule has 1 heterocycles. The largest absolute Gasteiger partial charge is 0.368 e. The average Bonchev–Trinajstić information content (AvgIpc) is 2.54. The summed E-state index contributed by atoms with van der Waals surface area (Å²) in [5, 5.41) is 7.13. The molecule has 0 spiro atoms. The molecule has 2 N–H and O–H groups in total. The van der Waals surface area contributed by atoms with Gasteiger partial charge in [-0.15, -0.1) is 0 Å². The molecule has 1 aromatic rings. The predicted octanol–water partition coefficient (Wildman–Crippen LogP) is 3.53. The van der Waals surface area contributed by atoms with Crippen molar-refractivity contribution in [1.29, 1.82) is 0 Å². The Morgan fingerprint density at radius 1 is 1.29 bits per heavy atom. The molecule has 5 heteroatoms. The van der Waals surface area contributed by atoms with Gasteiger partial charge < -0.3 is 10.6 Å². The summed E-state index contributed by atoms with van der Waals surface area (Å²) in [6.45, 7) is 3.28. The Hall–Kier alpha value is -1.81. The normalized spacial score (nSPS) is 24.4. The Morgan fingerprint density at radius 2 is 2.05 bits per heavy atom. The Morgan fingerprint density at radius 3 is 2.76 bits per heavy atom. The fourth-order valence-electron chi connectivity index (χ4n) is 3.04. The van der Waals surface area contributed by atoms with Crippen LogP contribution in [0.25, 0.3) is 0 Å². The molecule has 110 valence electrons. The van der Waals surface area contributed by atoms with Gasteiger partial charge in [-0.3, -0.25) is 9.59 Å². The van der Waals surface area contributed by atoms with E-state index in [1.165, 1.54) is 6.92 Å². The first kappa shape index (κ1) is 14.1. The van der Waals surface area contributed by atoms with E-state index in [4.69, 9.17) is 11.6 Å². The molecule has 21 heavy (non-hydrogen) atoms. The lowest BCUT2D eigenvalue weighted by Crippen LogP contribution is -2.47. The maximum atomic E-state index is 12.4. The molecular formula is C16H17ClN2O2. The van der Waals surface area contributed by atoms with Crippen LogP contribution in [-0.4, -0.2) is 17.1 Å². The van der Waals surface area contributed by atoms with Crippen molar-refractivity contribution in [3.05, 3.63) is 34.5 Å². The minimum absolute atomic E-state index is 0.0350. The number of Topliss-reactive ketones (excluding diaryl/α,β-unsaturated/α-hetero) is 2. The molecule has 0 saturated carbocycles. The van der Waals surface area contributed by atoms with Crippen LogP contribution >= 0.6 is 11.6 Å². The van der Waals surface area contributed by atoms with Gasteiger partial charge in [0, 0.05) is 22.7 Å². The van der Waals surface area contributed by atoms with Crippen LogP contribution in [0.3, 0.4) is 0 Å². The number of carbonyl (C=O) groups is 2. The number of rotatable bonds is 1.